The number of hydrogen-bond acceptors (Lipinski definition) is 4. The minimum absolute atomic E-state index is 0.117. The van der Waals surface area contributed by atoms with Crippen molar-refractivity contribution in [1.82, 2.24) is 0 Å². The molecule has 2 aromatic carbocycles. The monoisotopic (exact) mass is 358 g/mol. The van der Waals surface area contributed by atoms with E-state index in [9.17, 15) is 16.8 Å². The minimum Gasteiger partial charge on any atom is -0.221 e. The van der Waals surface area contributed by atoms with E-state index < -0.39 is 23.7 Å². The fraction of sp³-hybridized carbons (Fsp3) is 0.200. The highest BCUT2D eigenvalue weighted by atomic mass is 35.5. The van der Waals surface area contributed by atoms with Crippen LogP contribution in [0.15, 0.2) is 58.3 Å². The van der Waals surface area contributed by atoms with Crippen molar-refractivity contribution in [3.63, 3.8) is 0 Å². The van der Waals surface area contributed by atoms with Gasteiger partial charge in [0.1, 0.15) is 0 Å². The molecule has 118 valence electrons. The number of benzene rings is 2. The van der Waals surface area contributed by atoms with E-state index in [1.165, 1.54) is 24.3 Å². The van der Waals surface area contributed by atoms with Crippen LogP contribution in [-0.4, -0.2) is 20.9 Å². The maximum Gasteiger partial charge on any atom is 0.244 e. The fourth-order valence-corrected chi connectivity index (χ4v) is 5.91. The molecule has 7 heteroatoms. The smallest absolute Gasteiger partial charge is 0.221 e. The third-order valence-corrected chi connectivity index (χ3v) is 8.95. The van der Waals surface area contributed by atoms with Crippen molar-refractivity contribution in [2.75, 3.05) is 0 Å². The van der Waals surface area contributed by atoms with Gasteiger partial charge in [0.15, 0.2) is 0 Å². The Bertz CT molecular complexity index is 793. The lowest BCUT2D eigenvalue weighted by Gasteiger charge is -2.13. The summed E-state index contributed by atoms with van der Waals surface area (Å²) in [6, 6.07) is 11.8. The molecule has 2 aromatic rings. The minimum atomic E-state index is -4.19. The molecule has 0 N–H and O–H groups in total. The molecule has 0 unspecified atom stereocenters. The van der Waals surface area contributed by atoms with Crippen LogP contribution >= 0.6 is 11.6 Å². The standard InChI is InChI=1S/C15H15ClO4S2/c1-11-3-7-13(8-4-11)21(17,18)15(16)22(19,20)14-9-5-12(2)6-10-14/h3-10,15H,1-2H3. The number of sulfone groups is 2. The summed E-state index contributed by atoms with van der Waals surface area (Å²) in [6.45, 7) is 3.61. The van der Waals surface area contributed by atoms with Crippen LogP contribution in [0.5, 0.6) is 0 Å². The largest absolute Gasteiger partial charge is 0.244 e. The molecule has 0 aliphatic heterocycles. The quantitative estimate of drug-likeness (QED) is 0.787. The summed E-state index contributed by atoms with van der Waals surface area (Å²) in [6.07, 6.45) is 0. The van der Waals surface area contributed by atoms with Crippen molar-refractivity contribution in [2.45, 2.75) is 27.7 Å². The Hall–Kier alpha value is -1.37. The Morgan fingerprint density at radius 3 is 1.23 bits per heavy atom. The van der Waals surface area contributed by atoms with Crippen molar-refractivity contribution >= 4 is 31.3 Å². The van der Waals surface area contributed by atoms with Crippen LogP contribution in [0, 0.1) is 13.8 Å². The molecule has 0 aliphatic carbocycles. The van der Waals surface area contributed by atoms with Crippen molar-refractivity contribution < 1.29 is 16.8 Å². The lowest BCUT2D eigenvalue weighted by molar-refractivity contribution is 0.585. The summed E-state index contributed by atoms with van der Waals surface area (Å²) in [7, 11) is -8.39. The van der Waals surface area contributed by atoms with Crippen LogP contribution in [-0.2, 0) is 19.7 Å². The summed E-state index contributed by atoms with van der Waals surface area (Å²) in [5, 5.41) is 0. The van der Waals surface area contributed by atoms with E-state index in [1.54, 1.807) is 38.1 Å². The average molecular weight is 359 g/mol. The Labute approximate surface area is 135 Å². The lowest BCUT2D eigenvalue weighted by atomic mass is 10.2. The SMILES string of the molecule is Cc1ccc(S(=O)(=O)C(Cl)S(=O)(=O)c2ccc(C)cc2)cc1. The molecule has 4 nitrogen and oxygen atoms in total. The Morgan fingerprint density at radius 2 is 0.955 bits per heavy atom. The molecule has 0 aromatic heterocycles. The zero-order valence-corrected chi connectivity index (χ0v) is 14.4. The first-order valence-corrected chi connectivity index (χ1v) is 9.94. The van der Waals surface area contributed by atoms with Crippen molar-refractivity contribution in [1.29, 1.82) is 0 Å². The van der Waals surface area contributed by atoms with E-state index in [0.29, 0.717) is 0 Å². The molecule has 0 saturated carbocycles. The van der Waals surface area contributed by atoms with E-state index in [4.69, 9.17) is 11.6 Å². The molecule has 2 rings (SSSR count). The third-order valence-electron chi connectivity index (χ3n) is 3.19. The summed E-state index contributed by atoms with van der Waals surface area (Å²) in [5.74, 6) is 0. The topological polar surface area (TPSA) is 68.3 Å². The van der Waals surface area contributed by atoms with E-state index in [-0.39, 0.29) is 9.79 Å². The molecule has 0 saturated heterocycles. The predicted molar refractivity (Wildman–Crippen MR) is 86.4 cm³/mol. The first-order chi connectivity index (χ1) is 10.2. The van der Waals surface area contributed by atoms with Crippen molar-refractivity contribution in [3.05, 3.63) is 59.7 Å². The van der Waals surface area contributed by atoms with Crippen molar-refractivity contribution in [2.24, 2.45) is 0 Å². The van der Waals surface area contributed by atoms with Gasteiger partial charge in [-0.15, -0.1) is 0 Å². The zero-order chi connectivity index (χ0) is 16.5. The van der Waals surface area contributed by atoms with Crippen LogP contribution in [0.2, 0.25) is 0 Å². The third kappa shape index (κ3) is 3.19. The molecule has 0 aliphatic rings. The normalized spacial score (nSPS) is 12.5. The van der Waals surface area contributed by atoms with Gasteiger partial charge in [0.25, 0.3) is 0 Å². The summed E-state index contributed by atoms with van der Waals surface area (Å²) < 4.78 is 47.6. The van der Waals surface area contributed by atoms with Gasteiger partial charge < -0.3 is 0 Å². The predicted octanol–water partition coefficient (Wildman–Crippen LogP) is 3.07. The molecular formula is C15H15ClO4S2. The summed E-state index contributed by atoms with van der Waals surface area (Å²) in [5.41, 5.74) is 1.73. The number of rotatable bonds is 4. The fourth-order valence-electron chi connectivity index (χ4n) is 1.84. The van der Waals surface area contributed by atoms with Gasteiger partial charge in [0, 0.05) is 0 Å². The molecule has 0 fully saturated rings. The Kier molecular flexibility index (Phi) is 4.65. The molecule has 0 amide bonds. The molecule has 0 radical (unpaired) electrons. The van der Waals surface area contributed by atoms with Gasteiger partial charge in [-0.1, -0.05) is 47.0 Å². The highest BCUT2D eigenvalue weighted by Gasteiger charge is 2.38. The summed E-state index contributed by atoms with van der Waals surface area (Å²) in [4.78, 5) is -0.234. The van der Waals surface area contributed by atoms with Crippen LogP contribution in [0.25, 0.3) is 0 Å². The lowest BCUT2D eigenvalue weighted by Crippen LogP contribution is -2.25. The second-order valence-electron chi connectivity index (χ2n) is 4.99. The van der Waals surface area contributed by atoms with Crippen LogP contribution in [0.3, 0.4) is 0 Å². The van der Waals surface area contributed by atoms with Gasteiger partial charge in [-0.2, -0.15) is 0 Å². The molecule has 0 heterocycles. The zero-order valence-electron chi connectivity index (χ0n) is 12.0. The van der Waals surface area contributed by atoms with E-state index in [1.807, 2.05) is 0 Å². The van der Waals surface area contributed by atoms with E-state index >= 15 is 0 Å². The number of hydrogen-bond donors (Lipinski definition) is 0. The number of aryl methyl sites for hydroxylation is 2. The number of halogens is 1. The van der Waals surface area contributed by atoms with Crippen LogP contribution < -0.4 is 0 Å². The molecule has 0 atom stereocenters. The van der Waals surface area contributed by atoms with Gasteiger partial charge in [-0.3, -0.25) is 0 Å². The maximum absolute atomic E-state index is 12.4. The van der Waals surface area contributed by atoms with Crippen LogP contribution in [0.1, 0.15) is 11.1 Å². The average Bonchev–Trinajstić information content (AvgIpc) is 2.47. The first-order valence-electron chi connectivity index (χ1n) is 6.41. The second-order valence-corrected chi connectivity index (χ2v) is 10.3. The molecule has 22 heavy (non-hydrogen) atoms. The van der Waals surface area contributed by atoms with Gasteiger partial charge >= 0.3 is 0 Å². The van der Waals surface area contributed by atoms with E-state index in [2.05, 4.69) is 0 Å². The first kappa shape index (κ1) is 17.0. The molecule has 0 spiro atoms. The highest BCUT2D eigenvalue weighted by Crippen LogP contribution is 2.28. The van der Waals surface area contributed by atoms with Gasteiger partial charge in [0.2, 0.25) is 23.7 Å². The van der Waals surface area contributed by atoms with Gasteiger partial charge in [-0.05, 0) is 38.1 Å². The van der Waals surface area contributed by atoms with Crippen molar-refractivity contribution in [3.8, 4) is 0 Å². The summed E-state index contributed by atoms with van der Waals surface area (Å²) >= 11 is 5.84. The molecule has 0 bridgehead atoms. The molecular weight excluding hydrogens is 344 g/mol. The van der Waals surface area contributed by atoms with E-state index in [0.717, 1.165) is 11.1 Å². The Morgan fingerprint density at radius 1 is 0.682 bits per heavy atom. The number of alkyl halides is 1. The van der Waals surface area contributed by atoms with Gasteiger partial charge in [0.05, 0.1) is 9.79 Å². The Balaban J connectivity index is 2.47. The highest BCUT2D eigenvalue weighted by molar-refractivity contribution is 8.11. The van der Waals surface area contributed by atoms with Crippen LogP contribution in [0.4, 0.5) is 0 Å². The maximum atomic E-state index is 12.4. The second kappa shape index (κ2) is 6.02. The van der Waals surface area contributed by atoms with Gasteiger partial charge in [-0.25, -0.2) is 16.8 Å².